The first-order chi connectivity index (χ1) is 11.4. The van der Waals surface area contributed by atoms with Gasteiger partial charge in [0.2, 0.25) is 0 Å². The number of carbonyl (C=O) groups is 1. The number of fused-ring (bicyclic) bond motifs is 2. The van der Waals surface area contributed by atoms with Gasteiger partial charge in [0.15, 0.2) is 5.69 Å². The zero-order valence-electron chi connectivity index (χ0n) is 14.5. The molecule has 7 heteroatoms. The largest absolute Gasteiger partial charge is 0.369 e. The molecule has 0 spiro atoms. The van der Waals surface area contributed by atoms with Crippen molar-refractivity contribution in [3.05, 3.63) is 34.4 Å². The Kier molecular flexibility index (Phi) is 3.32. The number of carbonyl (C=O) groups excluding carboxylic acids is 1. The van der Waals surface area contributed by atoms with Gasteiger partial charge in [0.1, 0.15) is 0 Å². The van der Waals surface area contributed by atoms with Crippen LogP contribution in [0.3, 0.4) is 0 Å². The molecule has 2 aliphatic heterocycles. The van der Waals surface area contributed by atoms with E-state index in [1.807, 2.05) is 24.9 Å². The molecule has 0 radical (unpaired) electrons. The summed E-state index contributed by atoms with van der Waals surface area (Å²) >= 11 is 0. The normalized spacial score (nSPS) is 25.2. The van der Waals surface area contributed by atoms with E-state index in [4.69, 9.17) is 4.74 Å². The minimum absolute atomic E-state index is 0.0197. The van der Waals surface area contributed by atoms with E-state index in [9.17, 15) is 4.79 Å². The summed E-state index contributed by atoms with van der Waals surface area (Å²) in [6.07, 6.45) is 2.56. The quantitative estimate of drug-likeness (QED) is 0.839. The Morgan fingerprint density at radius 1 is 1.38 bits per heavy atom. The fourth-order valence-electron chi connectivity index (χ4n) is 3.98. The lowest BCUT2D eigenvalue weighted by Crippen LogP contribution is -2.45. The van der Waals surface area contributed by atoms with Crippen LogP contribution in [-0.2, 0) is 23.1 Å². The van der Waals surface area contributed by atoms with Crippen molar-refractivity contribution in [2.24, 2.45) is 0 Å². The van der Waals surface area contributed by atoms with Gasteiger partial charge in [0.05, 0.1) is 24.1 Å². The molecule has 4 heterocycles. The van der Waals surface area contributed by atoms with E-state index in [0.29, 0.717) is 25.2 Å². The molecule has 4 rings (SSSR count). The molecule has 2 aliphatic rings. The predicted molar refractivity (Wildman–Crippen MR) is 87.6 cm³/mol. The smallest absolute Gasteiger partial charge is 0.274 e. The lowest BCUT2D eigenvalue weighted by atomic mass is 9.83. The van der Waals surface area contributed by atoms with Crippen molar-refractivity contribution in [1.82, 2.24) is 25.3 Å². The zero-order valence-corrected chi connectivity index (χ0v) is 14.5. The van der Waals surface area contributed by atoms with E-state index in [0.717, 1.165) is 22.5 Å². The molecule has 2 aromatic rings. The number of aromatic nitrogens is 4. The molecule has 7 nitrogen and oxygen atoms in total. The molecule has 0 saturated heterocycles. The highest BCUT2D eigenvalue weighted by Gasteiger charge is 2.38. The van der Waals surface area contributed by atoms with E-state index in [1.165, 1.54) is 0 Å². The number of aromatic amines is 2. The molecule has 1 amide bonds. The molecule has 0 aliphatic carbocycles. The molecule has 2 N–H and O–H groups in total. The van der Waals surface area contributed by atoms with Crippen molar-refractivity contribution >= 4 is 5.91 Å². The third-order valence-electron chi connectivity index (χ3n) is 5.07. The van der Waals surface area contributed by atoms with Gasteiger partial charge in [-0.15, -0.1) is 0 Å². The second-order valence-electron chi connectivity index (χ2n) is 7.57. The van der Waals surface area contributed by atoms with Gasteiger partial charge in [-0.3, -0.25) is 15.0 Å². The van der Waals surface area contributed by atoms with Gasteiger partial charge in [0.25, 0.3) is 5.91 Å². The van der Waals surface area contributed by atoms with Crippen molar-refractivity contribution in [1.29, 1.82) is 0 Å². The fourth-order valence-corrected chi connectivity index (χ4v) is 3.98. The second-order valence-corrected chi connectivity index (χ2v) is 7.57. The molecule has 2 aromatic heterocycles. The van der Waals surface area contributed by atoms with Gasteiger partial charge in [-0.05, 0) is 13.8 Å². The molecule has 0 saturated carbocycles. The summed E-state index contributed by atoms with van der Waals surface area (Å²) in [4.78, 5) is 15.0. The molecule has 128 valence electrons. The summed E-state index contributed by atoms with van der Waals surface area (Å²) in [5, 5.41) is 14.6. The van der Waals surface area contributed by atoms with E-state index in [-0.39, 0.29) is 23.5 Å². The van der Waals surface area contributed by atoms with Crippen LogP contribution in [-0.4, -0.2) is 43.9 Å². The summed E-state index contributed by atoms with van der Waals surface area (Å²) in [5.74, 6) is -0.0197. The first kappa shape index (κ1) is 15.4. The molecule has 0 aromatic carbocycles. The Morgan fingerprint density at radius 2 is 2.17 bits per heavy atom. The first-order valence-corrected chi connectivity index (χ1v) is 8.41. The molecular weight excluding hydrogens is 306 g/mol. The molecule has 0 fully saturated rings. The van der Waals surface area contributed by atoms with Crippen LogP contribution in [0, 0.1) is 0 Å². The number of hydrogen-bond donors (Lipinski definition) is 2. The SMILES string of the molecule is C[C@@H]1Cc2c(C(=O)N3Cc4cn[nH]c4C(C)(C)C3)n[nH]c2[C@H](C)O1. The van der Waals surface area contributed by atoms with Crippen molar-refractivity contribution < 1.29 is 9.53 Å². The highest BCUT2D eigenvalue weighted by Crippen LogP contribution is 2.34. The van der Waals surface area contributed by atoms with Crippen LogP contribution in [0.5, 0.6) is 0 Å². The first-order valence-electron chi connectivity index (χ1n) is 8.41. The Balaban J connectivity index is 1.67. The van der Waals surface area contributed by atoms with Crippen molar-refractivity contribution in [3.63, 3.8) is 0 Å². The number of hydrogen-bond acceptors (Lipinski definition) is 4. The van der Waals surface area contributed by atoms with Crippen LogP contribution in [0.4, 0.5) is 0 Å². The van der Waals surface area contributed by atoms with Crippen LogP contribution >= 0.6 is 0 Å². The molecule has 24 heavy (non-hydrogen) atoms. The van der Waals surface area contributed by atoms with Gasteiger partial charge in [-0.25, -0.2) is 0 Å². The minimum Gasteiger partial charge on any atom is -0.369 e. The highest BCUT2D eigenvalue weighted by molar-refractivity contribution is 5.94. The molecular formula is C17H23N5O2. The standard InChI is InChI=1S/C17H23N5O2/c1-9-5-12-13(10(2)24-9)19-20-14(12)16(23)22-7-11-6-18-21-15(11)17(3,4)8-22/h6,9-10H,5,7-8H2,1-4H3,(H,18,21)(H,19,20)/t9-,10+/m1/s1. The molecule has 0 bridgehead atoms. The fraction of sp³-hybridized carbons (Fsp3) is 0.588. The van der Waals surface area contributed by atoms with E-state index in [1.54, 1.807) is 0 Å². The highest BCUT2D eigenvalue weighted by atomic mass is 16.5. The number of nitrogens with zero attached hydrogens (tertiary/aromatic N) is 3. The van der Waals surface area contributed by atoms with Crippen LogP contribution in [0.2, 0.25) is 0 Å². The van der Waals surface area contributed by atoms with E-state index >= 15 is 0 Å². The minimum atomic E-state index is -0.153. The van der Waals surface area contributed by atoms with Gasteiger partial charge >= 0.3 is 0 Å². The van der Waals surface area contributed by atoms with Crippen LogP contribution in [0.25, 0.3) is 0 Å². The molecule has 0 unspecified atom stereocenters. The van der Waals surface area contributed by atoms with Gasteiger partial charge in [-0.1, -0.05) is 13.8 Å². The zero-order chi connectivity index (χ0) is 17.1. The monoisotopic (exact) mass is 329 g/mol. The lowest BCUT2D eigenvalue weighted by molar-refractivity contribution is -0.00704. The van der Waals surface area contributed by atoms with Crippen molar-refractivity contribution in [3.8, 4) is 0 Å². The third kappa shape index (κ3) is 2.26. The van der Waals surface area contributed by atoms with Gasteiger partial charge in [0, 0.05) is 41.7 Å². The number of amides is 1. The maximum Gasteiger partial charge on any atom is 0.274 e. The van der Waals surface area contributed by atoms with Crippen LogP contribution in [0.15, 0.2) is 6.20 Å². The van der Waals surface area contributed by atoms with Crippen molar-refractivity contribution in [2.45, 2.75) is 58.3 Å². The Hall–Kier alpha value is -2.15. The van der Waals surface area contributed by atoms with Crippen LogP contribution in [0.1, 0.15) is 66.8 Å². The maximum atomic E-state index is 13.1. The Morgan fingerprint density at radius 3 is 2.96 bits per heavy atom. The Bertz CT molecular complexity index is 791. The topological polar surface area (TPSA) is 86.9 Å². The van der Waals surface area contributed by atoms with Crippen molar-refractivity contribution in [2.75, 3.05) is 6.54 Å². The molecule has 2 atom stereocenters. The van der Waals surface area contributed by atoms with Gasteiger partial charge in [-0.2, -0.15) is 10.2 Å². The number of ether oxygens (including phenoxy) is 1. The average molecular weight is 329 g/mol. The summed E-state index contributed by atoms with van der Waals surface area (Å²) in [5.41, 5.74) is 4.51. The van der Waals surface area contributed by atoms with E-state index < -0.39 is 0 Å². The second kappa shape index (κ2) is 5.17. The van der Waals surface area contributed by atoms with Crippen LogP contribution < -0.4 is 0 Å². The van der Waals surface area contributed by atoms with Gasteiger partial charge < -0.3 is 9.64 Å². The lowest BCUT2D eigenvalue weighted by Gasteiger charge is -2.37. The number of rotatable bonds is 1. The third-order valence-corrected chi connectivity index (χ3v) is 5.07. The maximum absolute atomic E-state index is 13.1. The number of H-pyrrole nitrogens is 2. The predicted octanol–water partition coefficient (Wildman–Crippen LogP) is 2.09. The Labute approximate surface area is 140 Å². The number of nitrogens with one attached hydrogen (secondary N) is 2. The summed E-state index contributed by atoms with van der Waals surface area (Å²) < 4.78 is 5.81. The van der Waals surface area contributed by atoms with E-state index in [2.05, 4.69) is 34.2 Å². The summed E-state index contributed by atoms with van der Waals surface area (Å²) in [7, 11) is 0. The average Bonchev–Trinajstić information content (AvgIpc) is 3.12. The summed E-state index contributed by atoms with van der Waals surface area (Å²) in [6.45, 7) is 9.48. The summed E-state index contributed by atoms with van der Waals surface area (Å²) in [6, 6.07) is 0.